The number of carbonyl (C=O) groups excluding carboxylic acids is 1. The van der Waals surface area contributed by atoms with Crippen molar-refractivity contribution in [3.8, 4) is 0 Å². The molecule has 0 bridgehead atoms. The van der Waals surface area contributed by atoms with E-state index in [1.807, 2.05) is 0 Å². The van der Waals surface area contributed by atoms with Crippen LogP contribution in [0.1, 0.15) is 46.6 Å². The van der Waals surface area contributed by atoms with Gasteiger partial charge in [0.05, 0.1) is 0 Å². The molecule has 0 saturated carbocycles. The first-order valence-electron chi connectivity index (χ1n) is 7.69. The molecule has 2 aliphatic carbocycles. The summed E-state index contributed by atoms with van der Waals surface area (Å²) >= 11 is 0. The van der Waals surface area contributed by atoms with Gasteiger partial charge in [-0.05, 0) is 63.6 Å². The number of Topliss-reactive ketones (excluding diaryl/α,β-unsaturated/α-hetero) is 1. The molecule has 2 unspecified atom stereocenters. The molecule has 0 aromatic carbocycles. The van der Waals surface area contributed by atoms with Gasteiger partial charge >= 0.3 is 0 Å². The van der Waals surface area contributed by atoms with Crippen LogP contribution in [0.5, 0.6) is 0 Å². The molecule has 3 aliphatic rings. The normalized spacial score (nSPS) is 30.7. The number of fused-ring (bicyclic) bond motifs is 4. The van der Waals surface area contributed by atoms with Gasteiger partial charge < -0.3 is 9.88 Å². The number of nitrogens with one attached hydrogen (secondary N) is 1. The highest BCUT2D eigenvalue weighted by Gasteiger charge is 2.41. The number of aromatic nitrogens is 1. The largest absolute Gasteiger partial charge is 0.361 e. The van der Waals surface area contributed by atoms with E-state index in [9.17, 15) is 4.79 Å². The molecule has 1 aliphatic heterocycles. The maximum atomic E-state index is 12.9. The number of ketones is 1. The Labute approximate surface area is 114 Å². The predicted molar refractivity (Wildman–Crippen MR) is 74.6 cm³/mol. The summed E-state index contributed by atoms with van der Waals surface area (Å²) in [5.41, 5.74) is 5.11. The summed E-state index contributed by atoms with van der Waals surface area (Å²) in [7, 11) is 2.14. The number of aromatic amines is 1. The van der Waals surface area contributed by atoms with Gasteiger partial charge in [-0.25, -0.2) is 0 Å². The van der Waals surface area contributed by atoms with Crippen LogP contribution in [0.4, 0.5) is 0 Å². The Bertz CT molecular complexity index is 531. The Balaban J connectivity index is 1.77. The third-order valence-corrected chi connectivity index (χ3v) is 5.38. The van der Waals surface area contributed by atoms with E-state index in [1.165, 1.54) is 36.2 Å². The fourth-order valence-corrected chi connectivity index (χ4v) is 4.35. The third kappa shape index (κ3) is 1.71. The van der Waals surface area contributed by atoms with Gasteiger partial charge in [-0.15, -0.1) is 0 Å². The lowest BCUT2D eigenvalue weighted by Gasteiger charge is -2.38. The molecule has 2 heterocycles. The number of H-pyrrole nitrogens is 1. The molecule has 1 N–H and O–H groups in total. The lowest BCUT2D eigenvalue weighted by molar-refractivity contribution is 0.0705. The number of nitrogens with zero attached hydrogens (tertiary/aromatic N) is 1. The smallest absolute Gasteiger partial charge is 0.169 e. The summed E-state index contributed by atoms with van der Waals surface area (Å²) in [6, 6.07) is 0. The molecule has 4 rings (SSSR count). The molecule has 3 heteroatoms. The number of rotatable bonds is 0. The SMILES string of the molecule is CN1CCC2Cc3[nH]c4c(c3C(=O)C2C1)CCCC4. The van der Waals surface area contributed by atoms with E-state index < -0.39 is 0 Å². The minimum atomic E-state index is 0.257. The molecule has 0 radical (unpaired) electrons. The molecule has 0 amide bonds. The summed E-state index contributed by atoms with van der Waals surface area (Å²) < 4.78 is 0. The maximum Gasteiger partial charge on any atom is 0.169 e. The summed E-state index contributed by atoms with van der Waals surface area (Å²) in [6.45, 7) is 2.10. The Morgan fingerprint density at radius 3 is 2.95 bits per heavy atom. The maximum absolute atomic E-state index is 12.9. The van der Waals surface area contributed by atoms with Crippen molar-refractivity contribution in [3.05, 3.63) is 22.5 Å². The van der Waals surface area contributed by atoms with Crippen LogP contribution in [0.2, 0.25) is 0 Å². The Kier molecular flexibility index (Phi) is 2.59. The van der Waals surface area contributed by atoms with Gasteiger partial charge in [0.2, 0.25) is 0 Å². The van der Waals surface area contributed by atoms with E-state index in [1.54, 1.807) is 0 Å². The molecule has 1 fully saturated rings. The fourth-order valence-electron chi connectivity index (χ4n) is 4.35. The lowest BCUT2D eigenvalue weighted by Crippen LogP contribution is -2.45. The summed E-state index contributed by atoms with van der Waals surface area (Å²) in [5, 5.41) is 0. The molecule has 19 heavy (non-hydrogen) atoms. The van der Waals surface area contributed by atoms with Crippen molar-refractivity contribution in [1.29, 1.82) is 0 Å². The van der Waals surface area contributed by atoms with Crippen LogP contribution in [0.15, 0.2) is 0 Å². The molecule has 3 nitrogen and oxygen atoms in total. The predicted octanol–water partition coefficient (Wildman–Crippen LogP) is 2.20. The minimum absolute atomic E-state index is 0.257. The second-order valence-corrected chi connectivity index (χ2v) is 6.63. The highest BCUT2D eigenvalue weighted by molar-refractivity contribution is 6.02. The zero-order valence-corrected chi connectivity index (χ0v) is 11.7. The van der Waals surface area contributed by atoms with Crippen molar-refractivity contribution in [2.75, 3.05) is 20.1 Å². The molecule has 2 atom stereocenters. The zero-order chi connectivity index (χ0) is 13.0. The zero-order valence-electron chi connectivity index (χ0n) is 11.7. The Morgan fingerprint density at radius 2 is 2.05 bits per heavy atom. The van der Waals surface area contributed by atoms with Gasteiger partial charge in [-0.2, -0.15) is 0 Å². The van der Waals surface area contributed by atoms with Gasteiger partial charge in [0.15, 0.2) is 5.78 Å². The van der Waals surface area contributed by atoms with E-state index in [-0.39, 0.29) is 5.92 Å². The van der Waals surface area contributed by atoms with Crippen molar-refractivity contribution >= 4 is 5.78 Å². The number of hydrogen-bond donors (Lipinski definition) is 1. The van der Waals surface area contributed by atoms with E-state index in [2.05, 4.69) is 16.9 Å². The minimum Gasteiger partial charge on any atom is -0.361 e. The van der Waals surface area contributed by atoms with Crippen LogP contribution in [-0.2, 0) is 19.3 Å². The van der Waals surface area contributed by atoms with Crippen LogP contribution < -0.4 is 0 Å². The number of piperidine rings is 1. The van der Waals surface area contributed by atoms with Crippen molar-refractivity contribution in [2.45, 2.75) is 38.5 Å². The fraction of sp³-hybridized carbons (Fsp3) is 0.688. The first kappa shape index (κ1) is 11.7. The molecule has 1 saturated heterocycles. The molecular formula is C16H22N2O. The molecule has 102 valence electrons. The van der Waals surface area contributed by atoms with Crippen LogP contribution in [0.3, 0.4) is 0 Å². The first-order chi connectivity index (χ1) is 9.24. The monoisotopic (exact) mass is 258 g/mol. The lowest BCUT2D eigenvalue weighted by atomic mass is 9.72. The third-order valence-electron chi connectivity index (χ3n) is 5.38. The number of aryl methyl sites for hydroxylation is 1. The highest BCUT2D eigenvalue weighted by Crippen LogP contribution is 2.39. The van der Waals surface area contributed by atoms with Crippen molar-refractivity contribution < 1.29 is 4.79 Å². The number of hydrogen-bond acceptors (Lipinski definition) is 2. The van der Waals surface area contributed by atoms with Gasteiger partial charge in [0.1, 0.15) is 0 Å². The second kappa shape index (κ2) is 4.20. The average Bonchev–Trinajstić information content (AvgIpc) is 2.78. The highest BCUT2D eigenvalue weighted by atomic mass is 16.1. The standard InChI is InChI=1S/C16H22N2O/c1-18-7-6-10-8-14-15(16(19)12(10)9-18)11-4-2-3-5-13(11)17-14/h10,12,17H,2-9H2,1H3. The van der Waals surface area contributed by atoms with E-state index >= 15 is 0 Å². The van der Waals surface area contributed by atoms with Crippen molar-refractivity contribution in [2.24, 2.45) is 11.8 Å². The van der Waals surface area contributed by atoms with Gasteiger partial charge in [0, 0.05) is 29.4 Å². The molecule has 0 spiro atoms. The second-order valence-electron chi connectivity index (χ2n) is 6.63. The topological polar surface area (TPSA) is 36.1 Å². The molecular weight excluding hydrogens is 236 g/mol. The summed E-state index contributed by atoms with van der Waals surface area (Å²) in [6.07, 6.45) is 7.06. The summed E-state index contributed by atoms with van der Waals surface area (Å²) in [4.78, 5) is 18.8. The Morgan fingerprint density at radius 1 is 1.21 bits per heavy atom. The number of carbonyl (C=O) groups is 1. The summed E-state index contributed by atoms with van der Waals surface area (Å²) in [5.74, 6) is 1.28. The van der Waals surface area contributed by atoms with Gasteiger partial charge in [-0.1, -0.05) is 0 Å². The first-order valence-corrected chi connectivity index (χ1v) is 7.69. The van der Waals surface area contributed by atoms with E-state index in [4.69, 9.17) is 0 Å². The average molecular weight is 258 g/mol. The van der Waals surface area contributed by atoms with Crippen LogP contribution in [0, 0.1) is 11.8 Å². The van der Waals surface area contributed by atoms with Crippen molar-refractivity contribution in [3.63, 3.8) is 0 Å². The molecule has 1 aromatic rings. The van der Waals surface area contributed by atoms with Gasteiger partial charge in [0.25, 0.3) is 0 Å². The Hall–Kier alpha value is -1.09. The molecule has 1 aromatic heterocycles. The quantitative estimate of drug-likeness (QED) is 0.774. The van der Waals surface area contributed by atoms with Crippen LogP contribution >= 0.6 is 0 Å². The van der Waals surface area contributed by atoms with Gasteiger partial charge in [-0.3, -0.25) is 4.79 Å². The van der Waals surface area contributed by atoms with Crippen LogP contribution in [0.25, 0.3) is 0 Å². The van der Waals surface area contributed by atoms with Crippen LogP contribution in [-0.4, -0.2) is 35.8 Å². The van der Waals surface area contributed by atoms with E-state index in [0.29, 0.717) is 11.7 Å². The van der Waals surface area contributed by atoms with Crippen molar-refractivity contribution in [1.82, 2.24) is 9.88 Å². The number of likely N-dealkylation sites (tertiary alicyclic amines) is 1. The van der Waals surface area contributed by atoms with E-state index in [0.717, 1.165) is 37.9 Å².